The highest BCUT2D eigenvalue weighted by Crippen LogP contribution is 2.23. The Bertz CT molecular complexity index is 567. The Hall–Kier alpha value is -2.08. The summed E-state index contributed by atoms with van der Waals surface area (Å²) in [6, 6.07) is 5.93. The van der Waals surface area contributed by atoms with E-state index in [1.54, 1.807) is 0 Å². The van der Waals surface area contributed by atoms with E-state index in [1.165, 1.54) is 0 Å². The van der Waals surface area contributed by atoms with Crippen LogP contribution in [0.25, 0.3) is 0 Å². The monoisotopic (exact) mass is 335 g/mol. The van der Waals surface area contributed by atoms with Crippen LogP contribution in [0, 0.1) is 6.92 Å². The number of amides is 1. The summed E-state index contributed by atoms with van der Waals surface area (Å²) < 4.78 is 11.3. The van der Waals surface area contributed by atoms with E-state index in [2.05, 4.69) is 5.32 Å². The van der Waals surface area contributed by atoms with Gasteiger partial charge in [-0.25, -0.2) is 0 Å². The van der Waals surface area contributed by atoms with Crippen molar-refractivity contribution in [3.05, 3.63) is 29.3 Å². The van der Waals surface area contributed by atoms with Gasteiger partial charge in [-0.2, -0.15) is 0 Å². The van der Waals surface area contributed by atoms with Crippen molar-refractivity contribution in [3.63, 3.8) is 0 Å². The predicted octanol–water partition coefficient (Wildman–Crippen LogP) is 2.42. The predicted molar refractivity (Wildman–Crippen MR) is 89.0 cm³/mol. The minimum atomic E-state index is -0.826. The van der Waals surface area contributed by atoms with E-state index in [0.717, 1.165) is 29.9 Å². The highest BCUT2D eigenvalue weighted by molar-refractivity contribution is 5.76. The lowest BCUT2D eigenvalue weighted by Gasteiger charge is -2.17. The van der Waals surface area contributed by atoms with Crippen LogP contribution in [0.1, 0.15) is 43.2 Å². The zero-order valence-electron chi connectivity index (χ0n) is 14.0. The molecule has 1 fully saturated rings. The van der Waals surface area contributed by atoms with Gasteiger partial charge >= 0.3 is 5.97 Å². The number of hydrogen-bond acceptors (Lipinski definition) is 4. The molecule has 1 aliphatic heterocycles. The number of hydrogen-bond donors (Lipinski definition) is 2. The molecule has 1 saturated heterocycles. The molecule has 132 valence electrons. The maximum absolute atomic E-state index is 11.9. The molecule has 0 spiro atoms. The van der Waals surface area contributed by atoms with Crippen LogP contribution in [0.4, 0.5) is 0 Å². The number of unbranched alkanes of at least 4 members (excludes halogenated alkanes) is 1. The zero-order chi connectivity index (χ0) is 17.4. The Labute approximate surface area is 142 Å². The third kappa shape index (κ3) is 6.20. The van der Waals surface area contributed by atoms with Crippen molar-refractivity contribution in [2.24, 2.45) is 0 Å². The molecule has 0 radical (unpaired) electrons. The molecule has 6 heteroatoms. The van der Waals surface area contributed by atoms with E-state index in [1.807, 2.05) is 25.1 Å². The van der Waals surface area contributed by atoms with Gasteiger partial charge in [-0.1, -0.05) is 12.1 Å². The van der Waals surface area contributed by atoms with Crippen LogP contribution in [0.2, 0.25) is 0 Å². The lowest BCUT2D eigenvalue weighted by molar-refractivity contribution is -0.137. The molecule has 1 atom stereocenters. The van der Waals surface area contributed by atoms with Crippen molar-refractivity contribution >= 4 is 11.9 Å². The third-order valence-electron chi connectivity index (χ3n) is 3.92. The standard InChI is InChI=1S/C18H25NO5/c1-13-6-7-14(16(10-13)24-15-8-9-23-12-15)11-19-17(20)4-2-3-5-18(21)22/h6-7,10,15H,2-5,8-9,11-12H2,1H3,(H,19,20)(H,21,22). The minimum Gasteiger partial charge on any atom is -0.488 e. The van der Waals surface area contributed by atoms with Gasteiger partial charge in [0.1, 0.15) is 11.9 Å². The van der Waals surface area contributed by atoms with E-state index >= 15 is 0 Å². The fraction of sp³-hybridized carbons (Fsp3) is 0.556. The Morgan fingerprint density at radius 1 is 1.33 bits per heavy atom. The number of rotatable bonds is 9. The molecule has 0 aliphatic carbocycles. The maximum atomic E-state index is 11.9. The molecular weight excluding hydrogens is 310 g/mol. The summed E-state index contributed by atoms with van der Waals surface area (Å²) in [4.78, 5) is 22.3. The lowest BCUT2D eigenvalue weighted by atomic mass is 10.1. The van der Waals surface area contributed by atoms with Crippen molar-refractivity contribution in [1.82, 2.24) is 5.32 Å². The number of carboxylic acid groups (broad SMARTS) is 1. The second-order valence-corrected chi connectivity index (χ2v) is 6.09. The normalized spacial score (nSPS) is 16.8. The van der Waals surface area contributed by atoms with Gasteiger partial charge in [-0.05, 0) is 31.4 Å². The molecule has 2 rings (SSSR count). The number of carboxylic acids is 1. The van der Waals surface area contributed by atoms with Crippen LogP contribution < -0.4 is 10.1 Å². The number of nitrogens with one attached hydrogen (secondary N) is 1. The molecule has 1 aliphatic rings. The van der Waals surface area contributed by atoms with Crippen molar-refractivity contribution in [2.45, 2.75) is 51.7 Å². The minimum absolute atomic E-state index is 0.0669. The molecule has 1 aromatic rings. The number of carbonyl (C=O) groups is 2. The summed E-state index contributed by atoms with van der Waals surface area (Å²) in [5, 5.41) is 11.5. The molecule has 1 heterocycles. The van der Waals surface area contributed by atoms with E-state index in [9.17, 15) is 9.59 Å². The lowest BCUT2D eigenvalue weighted by Crippen LogP contribution is -2.23. The Morgan fingerprint density at radius 3 is 2.83 bits per heavy atom. The molecule has 0 saturated carbocycles. The van der Waals surface area contributed by atoms with Crippen LogP contribution in [-0.4, -0.2) is 36.3 Å². The fourth-order valence-electron chi connectivity index (χ4n) is 2.55. The number of aliphatic carboxylic acids is 1. The second kappa shape index (κ2) is 9.27. The largest absolute Gasteiger partial charge is 0.488 e. The molecule has 1 aromatic carbocycles. The van der Waals surface area contributed by atoms with Gasteiger partial charge in [-0.3, -0.25) is 9.59 Å². The summed E-state index contributed by atoms with van der Waals surface area (Å²) in [6.45, 7) is 3.73. The van der Waals surface area contributed by atoms with Crippen LogP contribution in [0.5, 0.6) is 5.75 Å². The SMILES string of the molecule is Cc1ccc(CNC(=O)CCCCC(=O)O)c(OC2CCOC2)c1. The summed E-state index contributed by atoms with van der Waals surface area (Å²) in [7, 11) is 0. The Balaban J connectivity index is 1.82. The number of carbonyl (C=O) groups excluding carboxylic acids is 1. The highest BCUT2D eigenvalue weighted by Gasteiger charge is 2.18. The highest BCUT2D eigenvalue weighted by atomic mass is 16.5. The smallest absolute Gasteiger partial charge is 0.303 e. The number of benzene rings is 1. The van der Waals surface area contributed by atoms with Crippen LogP contribution >= 0.6 is 0 Å². The van der Waals surface area contributed by atoms with Gasteiger partial charge < -0.3 is 19.9 Å². The second-order valence-electron chi connectivity index (χ2n) is 6.09. The summed E-state index contributed by atoms with van der Waals surface area (Å²) >= 11 is 0. The van der Waals surface area contributed by atoms with Crippen LogP contribution in [0.15, 0.2) is 18.2 Å². The summed E-state index contributed by atoms with van der Waals surface area (Å²) in [5.41, 5.74) is 2.04. The van der Waals surface area contributed by atoms with Gasteiger partial charge in [0.05, 0.1) is 13.2 Å². The van der Waals surface area contributed by atoms with Gasteiger partial charge in [0.2, 0.25) is 5.91 Å². The van der Waals surface area contributed by atoms with Crippen molar-refractivity contribution in [1.29, 1.82) is 0 Å². The van der Waals surface area contributed by atoms with Crippen molar-refractivity contribution in [2.75, 3.05) is 13.2 Å². The van der Waals surface area contributed by atoms with Crippen molar-refractivity contribution in [3.8, 4) is 5.75 Å². The Kier molecular flexibility index (Phi) is 7.06. The first-order chi connectivity index (χ1) is 11.5. The third-order valence-corrected chi connectivity index (χ3v) is 3.92. The van der Waals surface area contributed by atoms with Gasteiger partial charge in [-0.15, -0.1) is 0 Å². The average molecular weight is 335 g/mol. The fourth-order valence-corrected chi connectivity index (χ4v) is 2.55. The number of ether oxygens (including phenoxy) is 2. The molecule has 0 aromatic heterocycles. The molecule has 2 N–H and O–H groups in total. The molecular formula is C18H25NO5. The number of aryl methyl sites for hydroxylation is 1. The Morgan fingerprint density at radius 2 is 2.12 bits per heavy atom. The maximum Gasteiger partial charge on any atom is 0.303 e. The van der Waals surface area contributed by atoms with Gasteiger partial charge in [0.15, 0.2) is 0 Å². The first kappa shape index (κ1) is 18.3. The first-order valence-corrected chi connectivity index (χ1v) is 8.37. The molecule has 6 nitrogen and oxygen atoms in total. The van der Waals surface area contributed by atoms with Gasteiger partial charge in [0, 0.05) is 31.4 Å². The topological polar surface area (TPSA) is 84.9 Å². The van der Waals surface area contributed by atoms with E-state index < -0.39 is 5.97 Å². The zero-order valence-corrected chi connectivity index (χ0v) is 14.0. The van der Waals surface area contributed by atoms with E-state index in [4.69, 9.17) is 14.6 Å². The van der Waals surface area contributed by atoms with Crippen molar-refractivity contribution < 1.29 is 24.2 Å². The quantitative estimate of drug-likeness (QED) is 0.677. The summed E-state index contributed by atoms with van der Waals surface area (Å²) in [5.74, 6) is -0.111. The van der Waals surface area contributed by atoms with Crippen LogP contribution in [-0.2, 0) is 20.9 Å². The molecule has 24 heavy (non-hydrogen) atoms. The molecule has 1 unspecified atom stereocenters. The molecule has 0 bridgehead atoms. The first-order valence-electron chi connectivity index (χ1n) is 8.37. The molecule has 1 amide bonds. The van der Waals surface area contributed by atoms with E-state index in [0.29, 0.717) is 32.4 Å². The van der Waals surface area contributed by atoms with Crippen LogP contribution in [0.3, 0.4) is 0 Å². The summed E-state index contributed by atoms with van der Waals surface area (Å²) in [6.07, 6.45) is 2.48. The van der Waals surface area contributed by atoms with Gasteiger partial charge in [0.25, 0.3) is 0 Å². The average Bonchev–Trinajstić information content (AvgIpc) is 3.03. The van der Waals surface area contributed by atoms with E-state index in [-0.39, 0.29) is 18.4 Å².